The fourth-order valence-electron chi connectivity index (χ4n) is 3.86. The molecule has 0 aromatic carbocycles. The molecule has 19 heavy (non-hydrogen) atoms. The van der Waals surface area contributed by atoms with Crippen LogP contribution in [-0.2, 0) is 0 Å². The predicted molar refractivity (Wildman–Crippen MR) is 80.3 cm³/mol. The molecule has 0 bridgehead atoms. The van der Waals surface area contributed by atoms with E-state index < -0.39 is 0 Å². The molecule has 108 valence electrons. The maximum atomic E-state index is 4.90. The molecule has 1 saturated heterocycles. The van der Waals surface area contributed by atoms with E-state index >= 15 is 0 Å². The van der Waals surface area contributed by atoms with Crippen LogP contribution in [0.2, 0.25) is 0 Å². The number of aliphatic imine (C=N–C) groups is 1. The molecule has 0 radical (unpaired) electrons. The van der Waals surface area contributed by atoms with Gasteiger partial charge in [0.25, 0.3) is 0 Å². The summed E-state index contributed by atoms with van der Waals surface area (Å²) >= 11 is 0. The number of hydrogen-bond donors (Lipinski definition) is 1. The minimum Gasteiger partial charge on any atom is -0.357 e. The Morgan fingerprint density at radius 2 is 1.84 bits per heavy atom. The van der Waals surface area contributed by atoms with Crippen molar-refractivity contribution in [1.29, 1.82) is 0 Å². The summed E-state index contributed by atoms with van der Waals surface area (Å²) in [4.78, 5) is 7.44. The molecule has 0 spiro atoms. The Morgan fingerprint density at radius 3 is 2.37 bits per heavy atom. The zero-order valence-electron chi connectivity index (χ0n) is 12.6. The molecule has 1 aliphatic heterocycles. The van der Waals surface area contributed by atoms with E-state index in [0.717, 1.165) is 36.8 Å². The van der Waals surface area contributed by atoms with Crippen molar-refractivity contribution in [3.05, 3.63) is 0 Å². The Balaban J connectivity index is 1.60. The minimum atomic E-state index is 0.860. The number of hydrogen-bond acceptors (Lipinski definition) is 1. The van der Waals surface area contributed by atoms with E-state index in [1.54, 1.807) is 0 Å². The van der Waals surface area contributed by atoms with Gasteiger partial charge in [0, 0.05) is 26.2 Å². The second-order valence-electron chi connectivity index (χ2n) is 6.88. The molecule has 3 heteroatoms. The Morgan fingerprint density at radius 1 is 1.21 bits per heavy atom. The van der Waals surface area contributed by atoms with Crippen LogP contribution in [0.1, 0.15) is 46.0 Å². The minimum absolute atomic E-state index is 0.860. The third-order valence-corrected chi connectivity index (χ3v) is 5.36. The van der Waals surface area contributed by atoms with E-state index in [1.165, 1.54) is 51.2 Å². The van der Waals surface area contributed by atoms with Crippen molar-refractivity contribution in [3.8, 4) is 0 Å². The van der Waals surface area contributed by atoms with Crippen LogP contribution in [-0.4, -0.2) is 37.0 Å². The molecule has 3 fully saturated rings. The highest BCUT2D eigenvalue weighted by Crippen LogP contribution is 2.38. The molecular weight excluding hydrogens is 234 g/mol. The SMILES string of the molecule is CCNC(=NCC1CC1C)N1CC2CCCCC2C1. The van der Waals surface area contributed by atoms with Crippen LogP contribution in [0.25, 0.3) is 0 Å². The van der Waals surface area contributed by atoms with Gasteiger partial charge in [-0.3, -0.25) is 4.99 Å². The third-order valence-electron chi connectivity index (χ3n) is 5.36. The van der Waals surface area contributed by atoms with Crippen molar-refractivity contribution in [2.45, 2.75) is 46.0 Å². The molecule has 2 aliphatic carbocycles. The summed E-state index contributed by atoms with van der Waals surface area (Å²) in [7, 11) is 0. The van der Waals surface area contributed by atoms with Gasteiger partial charge < -0.3 is 10.2 Å². The Labute approximate surface area is 117 Å². The highest BCUT2D eigenvalue weighted by molar-refractivity contribution is 5.80. The van der Waals surface area contributed by atoms with Crippen LogP contribution in [0.3, 0.4) is 0 Å². The molecule has 0 amide bonds. The first kappa shape index (κ1) is 13.3. The maximum Gasteiger partial charge on any atom is 0.193 e. The fraction of sp³-hybridized carbons (Fsp3) is 0.938. The van der Waals surface area contributed by atoms with Crippen molar-refractivity contribution in [2.75, 3.05) is 26.2 Å². The smallest absolute Gasteiger partial charge is 0.193 e. The topological polar surface area (TPSA) is 27.6 Å². The molecule has 2 saturated carbocycles. The average molecular weight is 263 g/mol. The fourth-order valence-corrected chi connectivity index (χ4v) is 3.86. The summed E-state index contributed by atoms with van der Waals surface area (Å²) in [5.74, 6) is 4.84. The Hall–Kier alpha value is -0.730. The molecule has 4 atom stereocenters. The van der Waals surface area contributed by atoms with E-state index in [9.17, 15) is 0 Å². The summed E-state index contributed by atoms with van der Waals surface area (Å²) in [6, 6.07) is 0. The summed E-state index contributed by atoms with van der Waals surface area (Å²) in [5, 5.41) is 3.51. The normalized spacial score (nSPS) is 38.2. The number of nitrogens with zero attached hydrogens (tertiary/aromatic N) is 2. The predicted octanol–water partition coefficient (Wildman–Crippen LogP) is 2.73. The van der Waals surface area contributed by atoms with Gasteiger partial charge in [-0.1, -0.05) is 19.8 Å². The maximum absolute atomic E-state index is 4.90. The van der Waals surface area contributed by atoms with Crippen LogP contribution in [0.15, 0.2) is 4.99 Å². The molecule has 3 aliphatic rings. The van der Waals surface area contributed by atoms with Crippen molar-refractivity contribution in [2.24, 2.45) is 28.7 Å². The standard InChI is InChI=1S/C16H29N3/c1-3-17-16(18-9-15-8-12(15)2)19-10-13-6-4-5-7-14(13)11-19/h12-15H,3-11H2,1-2H3,(H,17,18). The second kappa shape index (κ2) is 5.72. The van der Waals surface area contributed by atoms with Gasteiger partial charge in [-0.25, -0.2) is 0 Å². The summed E-state index contributed by atoms with van der Waals surface area (Å²) in [6.45, 7) is 9.05. The third kappa shape index (κ3) is 3.06. The van der Waals surface area contributed by atoms with E-state index in [4.69, 9.17) is 4.99 Å². The highest BCUT2D eigenvalue weighted by atomic mass is 15.3. The molecule has 0 aromatic heterocycles. The summed E-state index contributed by atoms with van der Waals surface area (Å²) in [5.41, 5.74) is 0. The van der Waals surface area contributed by atoms with Gasteiger partial charge in [0.15, 0.2) is 5.96 Å². The first-order valence-electron chi connectivity index (χ1n) is 8.31. The molecule has 1 N–H and O–H groups in total. The molecule has 3 rings (SSSR count). The highest BCUT2D eigenvalue weighted by Gasteiger charge is 2.36. The molecular formula is C16H29N3. The summed E-state index contributed by atoms with van der Waals surface area (Å²) in [6.07, 6.45) is 7.17. The molecule has 1 heterocycles. The molecule has 0 aromatic rings. The zero-order chi connectivity index (χ0) is 13.2. The van der Waals surface area contributed by atoms with Gasteiger partial charge in [-0.2, -0.15) is 0 Å². The van der Waals surface area contributed by atoms with Gasteiger partial charge in [-0.15, -0.1) is 0 Å². The second-order valence-corrected chi connectivity index (χ2v) is 6.88. The molecule has 4 unspecified atom stereocenters. The number of guanidine groups is 1. The molecule has 3 nitrogen and oxygen atoms in total. The first-order valence-corrected chi connectivity index (χ1v) is 8.31. The zero-order valence-corrected chi connectivity index (χ0v) is 12.6. The Bertz CT molecular complexity index is 325. The monoisotopic (exact) mass is 263 g/mol. The van der Waals surface area contributed by atoms with Crippen molar-refractivity contribution < 1.29 is 0 Å². The summed E-state index contributed by atoms with van der Waals surface area (Å²) < 4.78 is 0. The van der Waals surface area contributed by atoms with Crippen LogP contribution in [0, 0.1) is 23.7 Å². The quantitative estimate of drug-likeness (QED) is 0.626. The lowest BCUT2D eigenvalue weighted by molar-refractivity contribution is 0.299. The number of likely N-dealkylation sites (tertiary alicyclic amines) is 1. The number of fused-ring (bicyclic) bond motifs is 1. The van der Waals surface area contributed by atoms with Gasteiger partial charge in [0.2, 0.25) is 0 Å². The largest absolute Gasteiger partial charge is 0.357 e. The number of nitrogens with one attached hydrogen (secondary N) is 1. The Kier molecular flexibility index (Phi) is 3.99. The van der Waals surface area contributed by atoms with E-state index in [-0.39, 0.29) is 0 Å². The lowest BCUT2D eigenvalue weighted by atomic mass is 9.82. The van der Waals surface area contributed by atoms with E-state index in [2.05, 4.69) is 24.1 Å². The van der Waals surface area contributed by atoms with Crippen LogP contribution < -0.4 is 5.32 Å². The van der Waals surface area contributed by atoms with Gasteiger partial charge in [-0.05, 0) is 49.9 Å². The first-order chi connectivity index (χ1) is 9.28. The van der Waals surface area contributed by atoms with Crippen molar-refractivity contribution in [3.63, 3.8) is 0 Å². The lowest BCUT2D eigenvalue weighted by Crippen LogP contribution is -2.40. The van der Waals surface area contributed by atoms with Crippen LogP contribution in [0.5, 0.6) is 0 Å². The van der Waals surface area contributed by atoms with E-state index in [1.807, 2.05) is 0 Å². The average Bonchev–Trinajstić information content (AvgIpc) is 2.96. The van der Waals surface area contributed by atoms with Crippen LogP contribution >= 0.6 is 0 Å². The van der Waals surface area contributed by atoms with Crippen LogP contribution in [0.4, 0.5) is 0 Å². The number of rotatable bonds is 3. The lowest BCUT2D eigenvalue weighted by Gasteiger charge is -2.22. The van der Waals surface area contributed by atoms with Gasteiger partial charge in [0.05, 0.1) is 0 Å². The van der Waals surface area contributed by atoms with Gasteiger partial charge in [0.1, 0.15) is 0 Å². The van der Waals surface area contributed by atoms with E-state index in [0.29, 0.717) is 0 Å². The van der Waals surface area contributed by atoms with Gasteiger partial charge >= 0.3 is 0 Å². The van der Waals surface area contributed by atoms with Crippen molar-refractivity contribution >= 4 is 5.96 Å². The van der Waals surface area contributed by atoms with Crippen molar-refractivity contribution in [1.82, 2.24) is 10.2 Å².